The van der Waals surface area contributed by atoms with Crippen LogP contribution in [-0.2, 0) is 4.79 Å². The Morgan fingerprint density at radius 3 is 2.53 bits per heavy atom. The molecule has 1 amide bonds. The average molecular weight is 270 g/mol. The maximum atomic E-state index is 12.1. The molecule has 1 aromatic heterocycles. The summed E-state index contributed by atoms with van der Waals surface area (Å²) in [6, 6.07) is 1.99. The topological polar surface area (TPSA) is 55.1 Å². The van der Waals surface area contributed by atoms with Crippen molar-refractivity contribution >= 4 is 34.5 Å². The van der Waals surface area contributed by atoms with Crippen molar-refractivity contribution in [1.29, 1.82) is 0 Å². The number of thiophene rings is 1. The van der Waals surface area contributed by atoms with Crippen LogP contribution in [0.25, 0.3) is 0 Å². The van der Waals surface area contributed by atoms with Gasteiger partial charge in [-0.2, -0.15) is 11.3 Å². The van der Waals surface area contributed by atoms with Gasteiger partial charge in [0.2, 0.25) is 5.91 Å². The van der Waals surface area contributed by atoms with Crippen LogP contribution in [0.3, 0.4) is 0 Å². The van der Waals surface area contributed by atoms with Gasteiger partial charge in [-0.15, -0.1) is 0 Å². The number of carbonyl (C=O) groups excluding carboxylic acids is 1. The summed E-state index contributed by atoms with van der Waals surface area (Å²) < 4.78 is 0. The molecule has 0 aliphatic carbocycles. The number of carbonyl (C=O) groups is 1. The van der Waals surface area contributed by atoms with E-state index in [0.717, 1.165) is 5.56 Å². The van der Waals surface area contributed by atoms with Gasteiger partial charge in [-0.1, -0.05) is 26.1 Å². The van der Waals surface area contributed by atoms with Gasteiger partial charge in [-0.3, -0.25) is 4.79 Å². The molecule has 0 spiro atoms. The maximum absolute atomic E-state index is 12.1. The zero-order valence-corrected chi connectivity index (χ0v) is 11.9. The van der Waals surface area contributed by atoms with E-state index in [1.54, 1.807) is 11.3 Å². The van der Waals surface area contributed by atoms with Gasteiger partial charge < -0.3 is 11.1 Å². The zero-order valence-electron chi connectivity index (χ0n) is 10.3. The quantitative estimate of drug-likeness (QED) is 0.808. The number of amides is 1. The summed E-state index contributed by atoms with van der Waals surface area (Å²) >= 11 is 6.56. The van der Waals surface area contributed by atoms with Crippen LogP contribution >= 0.6 is 23.6 Å². The number of hydrogen-bond donors (Lipinski definition) is 2. The molecule has 0 radical (unpaired) electrons. The molecular weight excluding hydrogens is 252 g/mol. The molecule has 0 saturated carbocycles. The molecule has 0 aliphatic rings. The van der Waals surface area contributed by atoms with Gasteiger partial charge in [0.05, 0.1) is 16.9 Å². The third kappa shape index (κ3) is 3.78. The molecule has 3 N–H and O–H groups in total. The number of rotatable bonds is 5. The summed E-state index contributed by atoms with van der Waals surface area (Å²) in [5, 5.41) is 6.96. The molecule has 1 heterocycles. The van der Waals surface area contributed by atoms with Gasteiger partial charge in [0, 0.05) is 0 Å². The second kappa shape index (κ2) is 6.12. The van der Waals surface area contributed by atoms with E-state index >= 15 is 0 Å². The van der Waals surface area contributed by atoms with E-state index in [-0.39, 0.29) is 22.9 Å². The number of nitrogens with one attached hydrogen (secondary N) is 1. The van der Waals surface area contributed by atoms with E-state index in [2.05, 4.69) is 5.32 Å². The van der Waals surface area contributed by atoms with Crippen LogP contribution in [0.1, 0.15) is 32.4 Å². The van der Waals surface area contributed by atoms with Gasteiger partial charge in [0.15, 0.2) is 0 Å². The van der Waals surface area contributed by atoms with Crippen molar-refractivity contribution < 1.29 is 4.79 Å². The van der Waals surface area contributed by atoms with Crippen LogP contribution in [0.4, 0.5) is 0 Å². The lowest BCUT2D eigenvalue weighted by Crippen LogP contribution is -2.41. The molecule has 17 heavy (non-hydrogen) atoms. The standard InChI is InChI=1S/C12H18N2OS2/c1-7(2)10(11(13)16)12(15)14-8(3)9-4-5-17-6-9/h4-8,10H,1-3H3,(H2,13,16)(H,14,15). The monoisotopic (exact) mass is 270 g/mol. The summed E-state index contributed by atoms with van der Waals surface area (Å²) in [6.07, 6.45) is 0. The smallest absolute Gasteiger partial charge is 0.230 e. The minimum Gasteiger partial charge on any atom is -0.393 e. The maximum Gasteiger partial charge on any atom is 0.230 e. The lowest BCUT2D eigenvalue weighted by Gasteiger charge is -2.21. The molecule has 94 valence electrons. The molecule has 3 nitrogen and oxygen atoms in total. The normalized spacial score (nSPS) is 14.4. The van der Waals surface area contributed by atoms with E-state index in [4.69, 9.17) is 18.0 Å². The molecular formula is C12H18N2OS2. The van der Waals surface area contributed by atoms with Crippen molar-refractivity contribution in [2.75, 3.05) is 0 Å². The van der Waals surface area contributed by atoms with E-state index in [9.17, 15) is 4.79 Å². The van der Waals surface area contributed by atoms with Crippen LogP contribution in [0.15, 0.2) is 16.8 Å². The first-order valence-corrected chi connectivity index (χ1v) is 6.90. The highest BCUT2D eigenvalue weighted by Crippen LogP contribution is 2.18. The van der Waals surface area contributed by atoms with Crippen molar-refractivity contribution in [1.82, 2.24) is 5.32 Å². The van der Waals surface area contributed by atoms with Gasteiger partial charge in [0.1, 0.15) is 0 Å². The molecule has 2 atom stereocenters. The highest BCUT2D eigenvalue weighted by Gasteiger charge is 2.26. The Balaban J connectivity index is 2.68. The SMILES string of the molecule is CC(NC(=O)C(C(N)=S)C(C)C)c1ccsc1. The average Bonchev–Trinajstić information content (AvgIpc) is 2.68. The molecule has 1 aromatic rings. The second-order valence-corrected chi connectivity index (χ2v) is 5.66. The summed E-state index contributed by atoms with van der Waals surface area (Å²) in [4.78, 5) is 12.3. The summed E-state index contributed by atoms with van der Waals surface area (Å²) in [5.74, 6) is -0.375. The predicted molar refractivity (Wildman–Crippen MR) is 76.0 cm³/mol. The van der Waals surface area contributed by atoms with Gasteiger partial charge in [-0.05, 0) is 35.2 Å². The summed E-state index contributed by atoms with van der Waals surface area (Å²) in [6.45, 7) is 5.84. The first-order valence-electron chi connectivity index (χ1n) is 5.55. The molecule has 1 rings (SSSR count). The highest BCUT2D eigenvalue weighted by atomic mass is 32.1. The Kier molecular flexibility index (Phi) is 5.08. The first kappa shape index (κ1) is 14.1. The fourth-order valence-corrected chi connectivity index (χ4v) is 2.80. The molecule has 5 heteroatoms. The lowest BCUT2D eigenvalue weighted by molar-refractivity contribution is -0.124. The molecule has 0 aromatic carbocycles. The second-order valence-electron chi connectivity index (χ2n) is 4.41. The number of hydrogen-bond acceptors (Lipinski definition) is 3. The van der Waals surface area contributed by atoms with E-state index in [0.29, 0.717) is 0 Å². The van der Waals surface area contributed by atoms with Crippen LogP contribution < -0.4 is 11.1 Å². The van der Waals surface area contributed by atoms with Crippen molar-refractivity contribution in [2.45, 2.75) is 26.8 Å². The molecule has 0 saturated heterocycles. The van der Waals surface area contributed by atoms with Gasteiger partial charge in [-0.25, -0.2) is 0 Å². The van der Waals surface area contributed by atoms with Gasteiger partial charge >= 0.3 is 0 Å². The highest BCUT2D eigenvalue weighted by molar-refractivity contribution is 7.80. The summed E-state index contributed by atoms with van der Waals surface area (Å²) in [7, 11) is 0. The van der Waals surface area contributed by atoms with E-state index in [1.165, 1.54) is 0 Å². The third-order valence-electron chi connectivity index (χ3n) is 2.66. The Hall–Kier alpha value is -0.940. The van der Waals surface area contributed by atoms with Crippen LogP contribution in [-0.4, -0.2) is 10.9 Å². The fraction of sp³-hybridized carbons (Fsp3) is 0.500. The fourth-order valence-electron chi connectivity index (χ4n) is 1.67. The van der Waals surface area contributed by atoms with Crippen molar-refractivity contribution in [3.63, 3.8) is 0 Å². The predicted octanol–water partition coefficient (Wildman–Crippen LogP) is 2.48. The molecule has 0 bridgehead atoms. The van der Waals surface area contributed by atoms with Crippen LogP contribution in [0.5, 0.6) is 0 Å². The van der Waals surface area contributed by atoms with E-state index < -0.39 is 5.92 Å². The Labute approximate surface area is 111 Å². The number of thiocarbonyl (C=S) groups is 1. The first-order chi connectivity index (χ1) is 7.93. The van der Waals surface area contributed by atoms with Crippen molar-refractivity contribution in [3.8, 4) is 0 Å². The van der Waals surface area contributed by atoms with Crippen molar-refractivity contribution in [2.24, 2.45) is 17.6 Å². The summed E-state index contributed by atoms with van der Waals surface area (Å²) in [5.41, 5.74) is 6.71. The Morgan fingerprint density at radius 1 is 1.47 bits per heavy atom. The Morgan fingerprint density at radius 2 is 2.12 bits per heavy atom. The third-order valence-corrected chi connectivity index (χ3v) is 3.61. The lowest BCUT2D eigenvalue weighted by atomic mass is 9.94. The van der Waals surface area contributed by atoms with E-state index in [1.807, 2.05) is 37.6 Å². The van der Waals surface area contributed by atoms with Crippen molar-refractivity contribution in [3.05, 3.63) is 22.4 Å². The minimum absolute atomic E-state index is 0.00986. The minimum atomic E-state index is -0.397. The molecule has 0 aliphatic heterocycles. The largest absolute Gasteiger partial charge is 0.393 e. The zero-order chi connectivity index (χ0) is 13.0. The molecule has 2 unspecified atom stereocenters. The Bertz CT molecular complexity index is 387. The number of nitrogens with two attached hydrogens (primary N) is 1. The van der Waals surface area contributed by atoms with Crippen LogP contribution in [0.2, 0.25) is 0 Å². The molecule has 0 fully saturated rings. The van der Waals surface area contributed by atoms with Gasteiger partial charge in [0.25, 0.3) is 0 Å². The van der Waals surface area contributed by atoms with Crippen LogP contribution in [0, 0.1) is 11.8 Å².